The predicted octanol–water partition coefficient (Wildman–Crippen LogP) is 5.42. The van der Waals surface area contributed by atoms with Crippen LogP contribution in [-0.4, -0.2) is 15.3 Å². The van der Waals surface area contributed by atoms with Gasteiger partial charge in [0, 0.05) is 5.39 Å². The lowest BCUT2D eigenvalue weighted by Crippen LogP contribution is -1.83. The third kappa shape index (κ3) is 1.93. The van der Waals surface area contributed by atoms with Crippen molar-refractivity contribution in [2.45, 2.75) is 0 Å². The van der Waals surface area contributed by atoms with Crippen LogP contribution in [0.1, 0.15) is 0 Å². The van der Waals surface area contributed by atoms with E-state index in [1.54, 1.807) is 12.1 Å². The van der Waals surface area contributed by atoms with Crippen LogP contribution in [0.15, 0.2) is 66.7 Å². The summed E-state index contributed by atoms with van der Waals surface area (Å²) >= 11 is 0. The van der Waals surface area contributed by atoms with Crippen molar-refractivity contribution in [2.24, 2.45) is 0 Å². The van der Waals surface area contributed by atoms with Crippen LogP contribution >= 0.6 is 0 Å². The second kappa shape index (κ2) is 4.77. The van der Waals surface area contributed by atoms with E-state index in [0.29, 0.717) is 5.39 Å². The first-order valence-electron chi connectivity index (χ1n) is 8.05. The molecule has 0 aromatic heterocycles. The number of aromatic hydroxyl groups is 3. The molecule has 0 spiro atoms. The summed E-state index contributed by atoms with van der Waals surface area (Å²) in [6.07, 6.45) is 0. The molecule has 120 valence electrons. The molecule has 0 saturated heterocycles. The van der Waals surface area contributed by atoms with Crippen molar-refractivity contribution in [3.05, 3.63) is 66.7 Å². The standard InChI is InChI=1S/C22H14O3/c23-15-4-6-16-14(10-15)2-1-12-9-13-3-5-18-17(20(13)11-19(12)16)7-8-21(24)22(18)25/h1-11,23-25H. The van der Waals surface area contributed by atoms with Gasteiger partial charge in [0.05, 0.1) is 0 Å². The maximum absolute atomic E-state index is 10.2. The van der Waals surface area contributed by atoms with Gasteiger partial charge in [-0.1, -0.05) is 24.3 Å². The molecular weight excluding hydrogens is 312 g/mol. The van der Waals surface area contributed by atoms with Gasteiger partial charge in [0.25, 0.3) is 0 Å². The second-order valence-corrected chi connectivity index (χ2v) is 6.36. The summed E-state index contributed by atoms with van der Waals surface area (Å²) in [7, 11) is 0. The predicted molar refractivity (Wildman–Crippen MR) is 101 cm³/mol. The van der Waals surface area contributed by atoms with Gasteiger partial charge < -0.3 is 15.3 Å². The molecule has 0 radical (unpaired) electrons. The lowest BCUT2D eigenvalue weighted by molar-refractivity contribution is 0.408. The first kappa shape index (κ1) is 13.9. The van der Waals surface area contributed by atoms with E-state index in [1.165, 1.54) is 6.07 Å². The van der Waals surface area contributed by atoms with Gasteiger partial charge in [-0.2, -0.15) is 0 Å². The highest BCUT2D eigenvalue weighted by molar-refractivity contribution is 6.18. The fraction of sp³-hybridized carbons (Fsp3) is 0. The third-order valence-corrected chi connectivity index (χ3v) is 4.90. The highest BCUT2D eigenvalue weighted by Gasteiger charge is 2.10. The molecule has 5 rings (SSSR count). The smallest absolute Gasteiger partial charge is 0.165 e. The molecule has 5 aromatic carbocycles. The number of hydrogen-bond acceptors (Lipinski definition) is 3. The summed E-state index contributed by atoms with van der Waals surface area (Å²) in [4.78, 5) is 0. The summed E-state index contributed by atoms with van der Waals surface area (Å²) < 4.78 is 0. The zero-order chi connectivity index (χ0) is 17.1. The summed E-state index contributed by atoms with van der Waals surface area (Å²) in [6.45, 7) is 0. The summed E-state index contributed by atoms with van der Waals surface area (Å²) in [5, 5.41) is 37.5. The summed E-state index contributed by atoms with van der Waals surface area (Å²) in [5.74, 6) is 0.0365. The fourth-order valence-corrected chi connectivity index (χ4v) is 3.66. The van der Waals surface area contributed by atoms with Crippen LogP contribution in [0.2, 0.25) is 0 Å². The van der Waals surface area contributed by atoms with Crippen molar-refractivity contribution in [3.63, 3.8) is 0 Å². The average molecular weight is 326 g/mol. The maximum Gasteiger partial charge on any atom is 0.165 e. The van der Waals surface area contributed by atoms with Gasteiger partial charge in [-0.3, -0.25) is 0 Å². The topological polar surface area (TPSA) is 60.7 Å². The van der Waals surface area contributed by atoms with Crippen LogP contribution in [-0.2, 0) is 0 Å². The van der Waals surface area contributed by atoms with Crippen LogP contribution in [0.3, 0.4) is 0 Å². The molecule has 0 saturated carbocycles. The highest BCUT2D eigenvalue weighted by Crippen LogP contribution is 2.39. The minimum atomic E-state index is -0.117. The Morgan fingerprint density at radius 2 is 1.04 bits per heavy atom. The molecular formula is C22H14O3. The van der Waals surface area contributed by atoms with Gasteiger partial charge in [-0.05, 0) is 80.2 Å². The lowest BCUT2D eigenvalue weighted by Gasteiger charge is -2.10. The Kier molecular flexibility index (Phi) is 2.66. The molecule has 25 heavy (non-hydrogen) atoms. The number of phenols is 3. The minimum absolute atomic E-state index is 0.0951. The Hall–Kier alpha value is -3.46. The molecule has 0 unspecified atom stereocenters. The van der Waals surface area contributed by atoms with Crippen LogP contribution in [0.4, 0.5) is 0 Å². The molecule has 3 heteroatoms. The summed E-state index contributed by atoms with van der Waals surface area (Å²) in [5.41, 5.74) is 0. The van der Waals surface area contributed by atoms with Gasteiger partial charge in [0.1, 0.15) is 5.75 Å². The van der Waals surface area contributed by atoms with Gasteiger partial charge in [0.2, 0.25) is 0 Å². The van der Waals surface area contributed by atoms with Gasteiger partial charge in [-0.25, -0.2) is 0 Å². The first-order chi connectivity index (χ1) is 12.1. The van der Waals surface area contributed by atoms with Crippen LogP contribution in [0.5, 0.6) is 17.2 Å². The van der Waals surface area contributed by atoms with Crippen LogP contribution in [0, 0.1) is 0 Å². The molecule has 0 aliphatic heterocycles. The number of hydrogen-bond donors (Lipinski definition) is 3. The summed E-state index contributed by atoms with van der Waals surface area (Å²) in [6, 6.07) is 20.8. The van der Waals surface area contributed by atoms with E-state index in [4.69, 9.17) is 0 Å². The molecule has 0 aliphatic rings. The average Bonchev–Trinajstić information content (AvgIpc) is 2.62. The van der Waals surface area contributed by atoms with Gasteiger partial charge >= 0.3 is 0 Å². The van der Waals surface area contributed by atoms with Crippen molar-refractivity contribution in [1.82, 2.24) is 0 Å². The SMILES string of the molecule is Oc1ccc2c(ccc3cc4ccc5c(O)c(O)ccc5c4cc32)c1. The zero-order valence-corrected chi connectivity index (χ0v) is 13.2. The molecule has 5 aromatic rings. The Balaban J connectivity index is 1.99. The van der Waals surface area contributed by atoms with E-state index < -0.39 is 0 Å². The first-order valence-corrected chi connectivity index (χ1v) is 8.05. The molecule has 0 bridgehead atoms. The van der Waals surface area contributed by atoms with Crippen molar-refractivity contribution >= 4 is 43.1 Å². The number of fused-ring (bicyclic) bond motifs is 6. The number of phenolic OH excluding ortho intramolecular Hbond substituents is 3. The normalized spacial score (nSPS) is 11.7. The second-order valence-electron chi connectivity index (χ2n) is 6.36. The molecule has 0 fully saturated rings. The zero-order valence-electron chi connectivity index (χ0n) is 13.2. The molecule has 3 N–H and O–H groups in total. The number of benzene rings is 5. The van der Waals surface area contributed by atoms with Crippen molar-refractivity contribution in [1.29, 1.82) is 0 Å². The fourth-order valence-electron chi connectivity index (χ4n) is 3.66. The third-order valence-electron chi connectivity index (χ3n) is 4.90. The Labute approximate surface area is 143 Å². The van der Waals surface area contributed by atoms with E-state index in [9.17, 15) is 15.3 Å². The molecule has 0 aliphatic carbocycles. The van der Waals surface area contributed by atoms with Gasteiger partial charge in [-0.15, -0.1) is 0 Å². The van der Waals surface area contributed by atoms with E-state index >= 15 is 0 Å². The quantitative estimate of drug-likeness (QED) is 0.202. The Bertz CT molecular complexity index is 1320. The van der Waals surface area contributed by atoms with Crippen LogP contribution < -0.4 is 0 Å². The highest BCUT2D eigenvalue weighted by atomic mass is 16.3. The van der Waals surface area contributed by atoms with E-state index in [2.05, 4.69) is 18.2 Å². The van der Waals surface area contributed by atoms with Crippen molar-refractivity contribution in [3.8, 4) is 17.2 Å². The van der Waals surface area contributed by atoms with Crippen molar-refractivity contribution in [2.75, 3.05) is 0 Å². The molecule has 0 amide bonds. The molecule has 0 atom stereocenters. The minimum Gasteiger partial charge on any atom is -0.508 e. The monoisotopic (exact) mass is 326 g/mol. The van der Waals surface area contributed by atoms with E-state index in [0.717, 1.165) is 37.7 Å². The lowest BCUT2D eigenvalue weighted by atomic mass is 9.95. The van der Waals surface area contributed by atoms with E-state index in [-0.39, 0.29) is 17.2 Å². The van der Waals surface area contributed by atoms with Crippen LogP contribution in [0.25, 0.3) is 43.1 Å². The number of rotatable bonds is 0. The van der Waals surface area contributed by atoms with Gasteiger partial charge in [0.15, 0.2) is 11.5 Å². The van der Waals surface area contributed by atoms with Crippen molar-refractivity contribution < 1.29 is 15.3 Å². The van der Waals surface area contributed by atoms with E-state index in [1.807, 2.05) is 30.3 Å². The molecule has 0 heterocycles. The Morgan fingerprint density at radius 3 is 1.84 bits per heavy atom. The largest absolute Gasteiger partial charge is 0.508 e. The Morgan fingerprint density at radius 1 is 0.440 bits per heavy atom. The maximum atomic E-state index is 10.2. The molecule has 3 nitrogen and oxygen atoms in total.